The topological polar surface area (TPSA) is 97.7 Å². The molecule has 33 heavy (non-hydrogen) atoms. The van der Waals surface area contributed by atoms with E-state index in [0.717, 1.165) is 15.0 Å². The molecule has 0 bridgehead atoms. The first-order valence-corrected chi connectivity index (χ1v) is 11.4. The highest BCUT2D eigenvalue weighted by Gasteiger charge is 2.15. The molecule has 2 aromatic carbocycles. The number of thiophene rings is 1. The quantitative estimate of drug-likeness (QED) is 0.278. The lowest BCUT2D eigenvalue weighted by Gasteiger charge is -2.19. The van der Waals surface area contributed by atoms with E-state index in [-0.39, 0.29) is 19.0 Å². The number of amides is 1. The van der Waals surface area contributed by atoms with E-state index in [9.17, 15) is 9.59 Å². The van der Waals surface area contributed by atoms with Gasteiger partial charge in [-0.3, -0.25) is 4.79 Å². The molecule has 0 radical (unpaired) electrons. The van der Waals surface area contributed by atoms with Crippen LogP contribution in [0, 0.1) is 11.3 Å². The van der Waals surface area contributed by atoms with Crippen LogP contribution in [0.15, 0.2) is 48.5 Å². The second-order valence-corrected chi connectivity index (χ2v) is 9.47. The summed E-state index contributed by atoms with van der Waals surface area (Å²) in [6, 6.07) is 16.5. The highest BCUT2D eigenvalue weighted by molar-refractivity contribution is 7.19. The molecule has 1 heterocycles. The molecule has 1 amide bonds. The van der Waals surface area contributed by atoms with Gasteiger partial charge in [-0.05, 0) is 81.1 Å². The van der Waals surface area contributed by atoms with E-state index in [1.54, 1.807) is 62.4 Å². The monoisotopic (exact) mass is 466 g/mol. The lowest BCUT2D eigenvalue weighted by Crippen LogP contribution is -2.34. The van der Waals surface area contributed by atoms with Gasteiger partial charge in [-0.25, -0.2) is 4.79 Å². The molecule has 3 rings (SSSR count). The van der Waals surface area contributed by atoms with Gasteiger partial charge in [0, 0.05) is 9.58 Å². The molecule has 1 aromatic heterocycles. The summed E-state index contributed by atoms with van der Waals surface area (Å²) < 4.78 is 17.2. The van der Waals surface area contributed by atoms with Crippen LogP contribution < -0.4 is 14.8 Å². The number of hydrogen-bond acceptors (Lipinski definition) is 7. The minimum Gasteiger partial charge on any atom is -0.492 e. The standard InChI is InChI=1S/C25H26N2O5S/c1-25(2,3)32-24(29)27-12-13-30-19-5-7-20(8-6-19)31-23(28)11-9-21-15-18-14-17(16-26)4-10-22(18)33-21/h4-8,10,14-15H,9,11-13H2,1-3H3,(H,27,29). The average molecular weight is 467 g/mol. The number of fused-ring (bicyclic) bond motifs is 1. The Labute approximate surface area is 196 Å². The van der Waals surface area contributed by atoms with Gasteiger partial charge in [0.05, 0.1) is 24.6 Å². The first kappa shape index (κ1) is 24.1. The third kappa shape index (κ3) is 7.81. The van der Waals surface area contributed by atoms with Gasteiger partial charge < -0.3 is 19.5 Å². The zero-order valence-electron chi connectivity index (χ0n) is 18.8. The van der Waals surface area contributed by atoms with Gasteiger partial charge in [0.1, 0.15) is 23.7 Å². The summed E-state index contributed by atoms with van der Waals surface area (Å²) in [5.74, 6) is 0.720. The molecule has 172 valence electrons. The Morgan fingerprint density at radius 2 is 1.79 bits per heavy atom. The van der Waals surface area contributed by atoms with E-state index < -0.39 is 11.7 Å². The van der Waals surface area contributed by atoms with Crippen molar-refractivity contribution in [2.45, 2.75) is 39.2 Å². The Morgan fingerprint density at radius 1 is 1.06 bits per heavy atom. The number of carbonyl (C=O) groups excluding carboxylic acids is 2. The summed E-state index contributed by atoms with van der Waals surface area (Å²) >= 11 is 1.61. The molecule has 1 N–H and O–H groups in total. The molecular formula is C25H26N2O5S. The highest BCUT2D eigenvalue weighted by atomic mass is 32.1. The molecule has 0 unspecified atom stereocenters. The summed E-state index contributed by atoms with van der Waals surface area (Å²) in [6.07, 6.45) is 0.342. The molecule has 0 aliphatic carbocycles. The van der Waals surface area contributed by atoms with E-state index in [1.807, 2.05) is 18.2 Å². The number of carbonyl (C=O) groups is 2. The van der Waals surface area contributed by atoms with Gasteiger partial charge in [-0.2, -0.15) is 5.26 Å². The van der Waals surface area contributed by atoms with Crippen molar-refractivity contribution in [2.75, 3.05) is 13.2 Å². The maximum absolute atomic E-state index is 12.2. The molecule has 0 saturated carbocycles. The molecule has 7 nitrogen and oxygen atoms in total. The number of aryl methyl sites for hydroxylation is 1. The predicted octanol–water partition coefficient (Wildman–Crippen LogP) is 5.21. The van der Waals surface area contributed by atoms with Gasteiger partial charge >= 0.3 is 12.1 Å². The van der Waals surface area contributed by atoms with Gasteiger partial charge in [0.25, 0.3) is 0 Å². The van der Waals surface area contributed by atoms with Crippen LogP contribution in [0.4, 0.5) is 4.79 Å². The summed E-state index contributed by atoms with van der Waals surface area (Å²) in [4.78, 5) is 24.9. The molecule has 0 aliphatic heterocycles. The summed E-state index contributed by atoms with van der Waals surface area (Å²) in [7, 11) is 0. The number of ether oxygens (including phenoxy) is 3. The van der Waals surface area contributed by atoms with Crippen LogP contribution in [0.2, 0.25) is 0 Å². The van der Waals surface area contributed by atoms with Gasteiger partial charge in [-0.1, -0.05) is 0 Å². The van der Waals surface area contributed by atoms with Crippen LogP contribution in [-0.2, 0) is 16.0 Å². The Hall–Kier alpha value is -3.57. The van der Waals surface area contributed by atoms with E-state index >= 15 is 0 Å². The summed E-state index contributed by atoms with van der Waals surface area (Å²) in [5, 5.41) is 12.6. The summed E-state index contributed by atoms with van der Waals surface area (Å²) in [6.45, 7) is 5.99. The average Bonchev–Trinajstić information content (AvgIpc) is 3.17. The maximum atomic E-state index is 12.2. The Balaban J connectivity index is 1.40. The minimum absolute atomic E-state index is 0.256. The van der Waals surface area contributed by atoms with Crippen molar-refractivity contribution in [3.8, 4) is 17.6 Å². The lowest BCUT2D eigenvalue weighted by atomic mass is 10.1. The normalized spacial score (nSPS) is 11.0. The van der Waals surface area contributed by atoms with Crippen LogP contribution in [0.1, 0.15) is 37.6 Å². The molecule has 3 aromatic rings. The molecular weight excluding hydrogens is 440 g/mol. The fourth-order valence-corrected chi connectivity index (χ4v) is 3.98. The number of nitrogens with one attached hydrogen (secondary N) is 1. The second kappa shape index (κ2) is 10.8. The Morgan fingerprint density at radius 3 is 2.48 bits per heavy atom. The third-order valence-corrected chi connectivity index (χ3v) is 5.54. The zero-order chi connectivity index (χ0) is 23.8. The van der Waals surface area contributed by atoms with Crippen LogP contribution in [0.3, 0.4) is 0 Å². The van der Waals surface area contributed by atoms with Crippen molar-refractivity contribution in [2.24, 2.45) is 0 Å². The SMILES string of the molecule is CC(C)(C)OC(=O)NCCOc1ccc(OC(=O)CCc2cc3cc(C#N)ccc3s2)cc1. The molecule has 0 saturated heterocycles. The number of hydrogen-bond donors (Lipinski definition) is 1. The number of alkyl carbamates (subject to hydrolysis) is 1. The van der Waals surface area contributed by atoms with Crippen LogP contribution in [0.25, 0.3) is 10.1 Å². The van der Waals surface area contributed by atoms with E-state index in [0.29, 0.717) is 30.0 Å². The molecule has 0 fully saturated rings. The highest BCUT2D eigenvalue weighted by Crippen LogP contribution is 2.27. The number of nitrogens with zero attached hydrogens (tertiary/aromatic N) is 1. The largest absolute Gasteiger partial charge is 0.492 e. The Kier molecular flexibility index (Phi) is 7.91. The van der Waals surface area contributed by atoms with Gasteiger partial charge in [0.15, 0.2) is 0 Å². The number of esters is 1. The predicted molar refractivity (Wildman–Crippen MR) is 127 cm³/mol. The first-order chi connectivity index (χ1) is 15.7. The molecule has 8 heteroatoms. The van der Waals surface area contributed by atoms with Gasteiger partial charge in [-0.15, -0.1) is 11.3 Å². The van der Waals surface area contributed by atoms with Crippen LogP contribution in [0.5, 0.6) is 11.5 Å². The van der Waals surface area contributed by atoms with Crippen molar-refractivity contribution in [1.29, 1.82) is 5.26 Å². The van der Waals surface area contributed by atoms with Crippen LogP contribution in [-0.4, -0.2) is 30.8 Å². The summed E-state index contributed by atoms with van der Waals surface area (Å²) in [5.41, 5.74) is 0.0797. The number of benzene rings is 2. The van der Waals surface area contributed by atoms with Crippen molar-refractivity contribution in [1.82, 2.24) is 5.32 Å². The van der Waals surface area contributed by atoms with E-state index in [1.165, 1.54) is 0 Å². The van der Waals surface area contributed by atoms with E-state index in [4.69, 9.17) is 19.5 Å². The van der Waals surface area contributed by atoms with Crippen molar-refractivity contribution < 1.29 is 23.8 Å². The van der Waals surface area contributed by atoms with Crippen molar-refractivity contribution in [3.05, 3.63) is 59.0 Å². The zero-order valence-corrected chi connectivity index (χ0v) is 19.7. The third-order valence-electron chi connectivity index (χ3n) is 4.37. The smallest absolute Gasteiger partial charge is 0.407 e. The molecule has 0 atom stereocenters. The fraction of sp³-hybridized carbons (Fsp3) is 0.320. The fourth-order valence-electron chi connectivity index (χ4n) is 2.94. The Bertz CT molecular complexity index is 1160. The lowest BCUT2D eigenvalue weighted by molar-refractivity contribution is -0.134. The van der Waals surface area contributed by atoms with Crippen molar-refractivity contribution in [3.63, 3.8) is 0 Å². The first-order valence-electron chi connectivity index (χ1n) is 10.5. The number of rotatable bonds is 8. The minimum atomic E-state index is -0.543. The van der Waals surface area contributed by atoms with Crippen LogP contribution >= 0.6 is 11.3 Å². The molecule has 0 aliphatic rings. The van der Waals surface area contributed by atoms with Gasteiger partial charge in [0.2, 0.25) is 0 Å². The maximum Gasteiger partial charge on any atom is 0.407 e. The second-order valence-electron chi connectivity index (χ2n) is 8.30. The molecule has 0 spiro atoms. The van der Waals surface area contributed by atoms with E-state index in [2.05, 4.69) is 11.4 Å². The number of nitriles is 1. The van der Waals surface area contributed by atoms with Crippen molar-refractivity contribution >= 4 is 33.5 Å².